The quantitative estimate of drug-likeness (QED) is 0.340. The molecule has 0 saturated heterocycles. The Morgan fingerprint density at radius 1 is 1.26 bits per heavy atom. The molecule has 2 aromatic carbocycles. The summed E-state index contributed by atoms with van der Waals surface area (Å²) in [5, 5.41) is 27.7. The maximum Gasteiger partial charge on any atom is 0.321 e. The van der Waals surface area contributed by atoms with E-state index < -0.39 is 17.8 Å². The first-order chi connectivity index (χ1) is 16.4. The third-order valence-electron chi connectivity index (χ3n) is 6.50. The highest BCUT2D eigenvalue weighted by Crippen LogP contribution is 2.34. The smallest absolute Gasteiger partial charge is 0.321 e. The molecule has 1 aliphatic rings. The van der Waals surface area contributed by atoms with Gasteiger partial charge in [0.1, 0.15) is 11.7 Å². The van der Waals surface area contributed by atoms with Crippen molar-refractivity contribution in [2.45, 2.75) is 45.7 Å². The van der Waals surface area contributed by atoms with E-state index in [1.54, 1.807) is 0 Å². The van der Waals surface area contributed by atoms with Crippen LogP contribution in [-0.4, -0.2) is 53.8 Å². The molecule has 0 amide bonds. The number of rotatable bonds is 6. The van der Waals surface area contributed by atoms with E-state index >= 15 is 0 Å². The lowest BCUT2D eigenvalue weighted by atomic mass is 9.96. The second-order valence-electron chi connectivity index (χ2n) is 8.69. The van der Waals surface area contributed by atoms with Crippen molar-refractivity contribution >= 4 is 16.9 Å². The number of phenolic OH excluding ortho intramolecular Hbond substituents is 1. The van der Waals surface area contributed by atoms with Gasteiger partial charge in [0.25, 0.3) is 0 Å². The fraction of sp³-hybridized carbons (Fsp3) is 0.320. The van der Waals surface area contributed by atoms with Gasteiger partial charge >= 0.3 is 5.97 Å². The summed E-state index contributed by atoms with van der Waals surface area (Å²) in [6.07, 6.45) is 1.87. The van der Waals surface area contributed by atoms with Crippen LogP contribution in [0, 0.1) is 5.82 Å². The van der Waals surface area contributed by atoms with Gasteiger partial charge in [-0.05, 0) is 60.3 Å². The van der Waals surface area contributed by atoms with Crippen molar-refractivity contribution in [1.82, 2.24) is 25.1 Å². The van der Waals surface area contributed by atoms with Crippen LogP contribution in [0.5, 0.6) is 5.75 Å². The lowest BCUT2D eigenvalue weighted by Gasteiger charge is -2.31. The van der Waals surface area contributed by atoms with Crippen LogP contribution >= 0.6 is 0 Å². The number of halogens is 1. The minimum absolute atomic E-state index is 0.347. The molecular formula is C25H26FN5O3. The topological polar surface area (TPSA) is 118 Å². The van der Waals surface area contributed by atoms with Gasteiger partial charge in [0.05, 0.1) is 16.9 Å². The summed E-state index contributed by atoms with van der Waals surface area (Å²) in [5.74, 6) is -1.25. The second-order valence-corrected chi connectivity index (χ2v) is 8.69. The first kappa shape index (κ1) is 22.1. The van der Waals surface area contributed by atoms with Gasteiger partial charge in [-0.2, -0.15) is 5.10 Å². The Kier molecular flexibility index (Phi) is 5.57. The third kappa shape index (κ3) is 3.71. The van der Waals surface area contributed by atoms with Crippen LogP contribution in [0.4, 0.5) is 4.39 Å². The number of aromatic hydroxyl groups is 1. The van der Waals surface area contributed by atoms with Crippen molar-refractivity contribution in [3.63, 3.8) is 0 Å². The number of phenols is 1. The Morgan fingerprint density at radius 3 is 2.82 bits per heavy atom. The molecule has 0 aliphatic carbocycles. The molecule has 4 aromatic rings. The summed E-state index contributed by atoms with van der Waals surface area (Å²) in [7, 11) is 0. The van der Waals surface area contributed by atoms with E-state index in [4.69, 9.17) is 4.98 Å². The standard InChI is InChI=1S/C25H26FN5O3/c1-3-7-31-12-20-19(11-21(31)25(33)34)27-24(28-20)23-15-6-5-14(8-18(15)29-30-23)16-10-17(26)22(32)9-13(16)4-2/h5-6,8-10,21,32H,3-4,7,11-12H2,1-2H3,(H,27,28)(H,29,30)(H,33,34). The number of hydrogen-bond donors (Lipinski definition) is 4. The number of carbonyl (C=O) groups is 1. The van der Waals surface area contributed by atoms with Gasteiger partial charge in [0.15, 0.2) is 17.4 Å². The Balaban J connectivity index is 1.51. The molecule has 0 spiro atoms. The number of imidazole rings is 1. The Morgan fingerprint density at radius 2 is 2.09 bits per heavy atom. The summed E-state index contributed by atoms with van der Waals surface area (Å²) in [6.45, 7) is 5.20. The van der Waals surface area contributed by atoms with Crippen LogP contribution < -0.4 is 0 Å². The number of hydrogen-bond acceptors (Lipinski definition) is 5. The van der Waals surface area contributed by atoms with Crippen LogP contribution in [0.1, 0.15) is 37.2 Å². The molecule has 0 radical (unpaired) electrons. The van der Waals surface area contributed by atoms with Crippen molar-refractivity contribution in [2.24, 2.45) is 0 Å². The summed E-state index contributed by atoms with van der Waals surface area (Å²) in [6, 6.07) is 7.96. The summed E-state index contributed by atoms with van der Waals surface area (Å²) in [4.78, 5) is 21.8. The average molecular weight is 464 g/mol. The van der Waals surface area contributed by atoms with Gasteiger partial charge < -0.3 is 15.2 Å². The number of aromatic nitrogens is 4. The number of aliphatic carboxylic acids is 1. The van der Waals surface area contributed by atoms with E-state index in [-0.39, 0.29) is 5.75 Å². The lowest BCUT2D eigenvalue weighted by molar-refractivity contribution is -0.144. The molecule has 1 aliphatic heterocycles. The largest absolute Gasteiger partial charge is 0.505 e. The van der Waals surface area contributed by atoms with Crippen molar-refractivity contribution in [3.8, 4) is 28.4 Å². The first-order valence-corrected chi connectivity index (χ1v) is 11.4. The lowest BCUT2D eigenvalue weighted by Crippen LogP contribution is -2.45. The third-order valence-corrected chi connectivity index (χ3v) is 6.50. The van der Waals surface area contributed by atoms with E-state index in [0.717, 1.165) is 45.4 Å². The fourth-order valence-electron chi connectivity index (χ4n) is 4.78. The van der Waals surface area contributed by atoms with Crippen LogP contribution in [0.2, 0.25) is 0 Å². The number of aromatic amines is 2. The molecule has 34 heavy (non-hydrogen) atoms. The van der Waals surface area contributed by atoms with Crippen LogP contribution in [0.3, 0.4) is 0 Å². The van der Waals surface area contributed by atoms with Crippen molar-refractivity contribution in [2.75, 3.05) is 6.54 Å². The first-order valence-electron chi connectivity index (χ1n) is 11.4. The highest BCUT2D eigenvalue weighted by Gasteiger charge is 2.33. The molecule has 3 heterocycles. The van der Waals surface area contributed by atoms with Gasteiger partial charge in [0.2, 0.25) is 0 Å². The zero-order chi connectivity index (χ0) is 24.0. The normalized spacial score (nSPS) is 16.1. The molecule has 1 atom stereocenters. The van der Waals surface area contributed by atoms with Crippen LogP contribution in [-0.2, 0) is 24.2 Å². The maximum absolute atomic E-state index is 14.1. The number of aryl methyl sites for hydroxylation is 1. The summed E-state index contributed by atoms with van der Waals surface area (Å²) in [5.41, 5.74) is 5.49. The zero-order valence-corrected chi connectivity index (χ0v) is 19.0. The number of fused-ring (bicyclic) bond motifs is 2. The van der Waals surface area contributed by atoms with E-state index in [0.29, 0.717) is 37.4 Å². The minimum atomic E-state index is -0.835. The monoisotopic (exact) mass is 463 g/mol. The zero-order valence-electron chi connectivity index (χ0n) is 19.0. The predicted molar refractivity (Wildman–Crippen MR) is 126 cm³/mol. The molecule has 4 N–H and O–H groups in total. The highest BCUT2D eigenvalue weighted by molar-refractivity contribution is 5.94. The van der Waals surface area contributed by atoms with Crippen LogP contribution in [0.15, 0.2) is 30.3 Å². The van der Waals surface area contributed by atoms with E-state index in [1.807, 2.05) is 36.9 Å². The maximum atomic E-state index is 14.1. The molecule has 0 fully saturated rings. The Labute approximate surface area is 195 Å². The second kappa shape index (κ2) is 8.57. The molecule has 176 valence electrons. The Hall–Kier alpha value is -3.72. The van der Waals surface area contributed by atoms with E-state index in [9.17, 15) is 19.4 Å². The summed E-state index contributed by atoms with van der Waals surface area (Å²) < 4.78 is 14.1. The number of carboxylic acid groups (broad SMARTS) is 1. The van der Waals surface area contributed by atoms with Gasteiger partial charge in [-0.25, -0.2) is 9.37 Å². The van der Waals surface area contributed by atoms with E-state index in [1.165, 1.54) is 12.1 Å². The van der Waals surface area contributed by atoms with Crippen molar-refractivity contribution < 1.29 is 19.4 Å². The van der Waals surface area contributed by atoms with Crippen molar-refractivity contribution in [1.29, 1.82) is 0 Å². The predicted octanol–water partition coefficient (Wildman–Crippen LogP) is 4.25. The molecule has 0 bridgehead atoms. The van der Waals surface area contributed by atoms with E-state index in [2.05, 4.69) is 15.2 Å². The fourth-order valence-corrected chi connectivity index (χ4v) is 4.78. The number of nitrogens with one attached hydrogen (secondary N) is 2. The molecule has 0 saturated carbocycles. The van der Waals surface area contributed by atoms with Gasteiger partial charge in [-0.15, -0.1) is 0 Å². The van der Waals surface area contributed by atoms with Crippen molar-refractivity contribution in [3.05, 3.63) is 53.1 Å². The van der Waals surface area contributed by atoms with Crippen LogP contribution in [0.25, 0.3) is 33.5 Å². The molecule has 5 rings (SSSR count). The highest BCUT2D eigenvalue weighted by atomic mass is 19.1. The van der Waals surface area contributed by atoms with Gasteiger partial charge in [-0.1, -0.05) is 19.9 Å². The SMILES string of the molecule is CCCN1Cc2[nH]c(-c3n[nH]c4cc(-c5cc(F)c(O)cc5CC)ccc34)nc2CC1C(=O)O. The van der Waals surface area contributed by atoms with Gasteiger partial charge in [0, 0.05) is 18.4 Å². The average Bonchev–Trinajstić information content (AvgIpc) is 3.43. The number of carboxylic acids is 1. The van der Waals surface area contributed by atoms with Gasteiger partial charge in [-0.3, -0.25) is 14.8 Å². The molecule has 8 nitrogen and oxygen atoms in total. The molecule has 1 unspecified atom stereocenters. The molecule has 2 aromatic heterocycles. The molecule has 9 heteroatoms. The minimum Gasteiger partial charge on any atom is -0.505 e. The molecular weight excluding hydrogens is 437 g/mol. The Bertz CT molecular complexity index is 1390. The number of H-pyrrole nitrogens is 2. The number of benzene rings is 2. The summed E-state index contributed by atoms with van der Waals surface area (Å²) >= 11 is 0. The number of nitrogens with zero attached hydrogens (tertiary/aromatic N) is 3.